The predicted octanol–water partition coefficient (Wildman–Crippen LogP) is 3.14. The zero-order valence-corrected chi connectivity index (χ0v) is 14.7. The van der Waals surface area contributed by atoms with Crippen molar-refractivity contribution in [2.75, 3.05) is 10.6 Å². The first-order valence-corrected chi connectivity index (χ1v) is 8.66. The Morgan fingerprint density at radius 2 is 2.04 bits per heavy atom. The third-order valence-corrected chi connectivity index (χ3v) is 4.68. The van der Waals surface area contributed by atoms with Gasteiger partial charge in [-0.2, -0.15) is 5.10 Å². The van der Waals surface area contributed by atoms with E-state index in [1.165, 1.54) is 0 Å². The van der Waals surface area contributed by atoms with Crippen LogP contribution in [0, 0.1) is 0 Å². The minimum Gasteiger partial charge on any atom is -0.380 e. The van der Waals surface area contributed by atoms with Crippen LogP contribution in [0.1, 0.15) is 29.4 Å². The van der Waals surface area contributed by atoms with Crippen LogP contribution < -0.4 is 10.6 Å². The number of anilines is 2. The number of benzene rings is 2. The lowest BCUT2D eigenvalue weighted by atomic mass is 10.0. The number of hydrogen-bond acceptors (Lipinski definition) is 4. The van der Waals surface area contributed by atoms with Gasteiger partial charge in [-0.1, -0.05) is 24.3 Å². The summed E-state index contributed by atoms with van der Waals surface area (Å²) in [4.78, 5) is 25.0. The maximum absolute atomic E-state index is 13.0. The number of fused-ring (bicyclic) bond motifs is 2. The van der Waals surface area contributed by atoms with Crippen LogP contribution in [0.15, 0.2) is 42.5 Å². The van der Waals surface area contributed by atoms with Crippen LogP contribution in [-0.4, -0.2) is 27.5 Å². The molecule has 0 bridgehead atoms. The van der Waals surface area contributed by atoms with Crippen LogP contribution in [-0.2, 0) is 18.3 Å². The molecule has 0 saturated carbocycles. The van der Waals surface area contributed by atoms with Crippen LogP contribution in [0.2, 0.25) is 0 Å². The van der Waals surface area contributed by atoms with Crippen LogP contribution >= 0.6 is 0 Å². The second kappa shape index (κ2) is 6.29. The standard InChI is InChI=1S/C20H20N4O2/c1-12-10-19(26)22-15-8-5-7-14(20(15)21-12)18(25)11-16-13-6-3-4-9-17(13)24(2)23-16/h3-9,12,21H,10-11H2,1-2H3,(H,22,26). The highest BCUT2D eigenvalue weighted by atomic mass is 16.1. The molecule has 1 unspecified atom stereocenters. The molecular weight excluding hydrogens is 328 g/mol. The van der Waals surface area contributed by atoms with Crippen molar-refractivity contribution in [3.63, 3.8) is 0 Å². The Bertz CT molecular complexity index is 1020. The van der Waals surface area contributed by atoms with E-state index in [2.05, 4.69) is 15.7 Å². The quantitative estimate of drug-likeness (QED) is 0.713. The number of para-hydroxylation sites is 2. The Morgan fingerprint density at radius 1 is 1.23 bits per heavy atom. The Kier molecular flexibility index (Phi) is 3.95. The van der Waals surface area contributed by atoms with E-state index in [0.717, 1.165) is 16.6 Å². The van der Waals surface area contributed by atoms with E-state index in [-0.39, 0.29) is 24.2 Å². The van der Waals surface area contributed by atoms with Crippen molar-refractivity contribution in [2.45, 2.75) is 25.8 Å². The van der Waals surface area contributed by atoms with E-state index in [9.17, 15) is 9.59 Å². The fourth-order valence-corrected chi connectivity index (χ4v) is 3.49. The Balaban J connectivity index is 1.71. The van der Waals surface area contributed by atoms with Crippen molar-refractivity contribution >= 4 is 34.0 Å². The van der Waals surface area contributed by atoms with E-state index >= 15 is 0 Å². The number of rotatable bonds is 3. The topological polar surface area (TPSA) is 76.0 Å². The first-order valence-electron chi connectivity index (χ1n) is 8.66. The van der Waals surface area contributed by atoms with Crippen molar-refractivity contribution in [2.24, 2.45) is 7.05 Å². The molecule has 0 fully saturated rings. The summed E-state index contributed by atoms with van der Waals surface area (Å²) in [5.41, 5.74) is 3.68. The molecule has 1 aliphatic heterocycles. The second-order valence-electron chi connectivity index (χ2n) is 6.71. The lowest BCUT2D eigenvalue weighted by Gasteiger charge is -2.15. The molecule has 0 saturated heterocycles. The SMILES string of the molecule is CC1CC(=O)Nc2cccc(C(=O)Cc3nn(C)c4ccccc34)c2N1. The number of nitrogens with zero attached hydrogens (tertiary/aromatic N) is 2. The van der Waals surface area contributed by atoms with Gasteiger partial charge in [-0.05, 0) is 25.1 Å². The molecule has 0 aliphatic carbocycles. The van der Waals surface area contributed by atoms with Crippen LogP contribution in [0.25, 0.3) is 10.9 Å². The molecule has 4 rings (SSSR count). The normalized spacial score (nSPS) is 16.5. The number of nitrogens with one attached hydrogen (secondary N) is 2. The molecule has 6 nitrogen and oxygen atoms in total. The fourth-order valence-electron chi connectivity index (χ4n) is 3.49. The average molecular weight is 348 g/mol. The largest absolute Gasteiger partial charge is 0.380 e. The van der Waals surface area contributed by atoms with Gasteiger partial charge >= 0.3 is 0 Å². The van der Waals surface area contributed by atoms with Gasteiger partial charge in [0.25, 0.3) is 0 Å². The molecule has 2 aromatic carbocycles. The Hall–Kier alpha value is -3.15. The second-order valence-corrected chi connectivity index (χ2v) is 6.71. The van der Waals surface area contributed by atoms with Crippen molar-refractivity contribution in [3.8, 4) is 0 Å². The molecule has 1 atom stereocenters. The first-order chi connectivity index (χ1) is 12.5. The van der Waals surface area contributed by atoms with Gasteiger partial charge in [0.1, 0.15) is 0 Å². The summed E-state index contributed by atoms with van der Waals surface area (Å²) >= 11 is 0. The molecule has 2 N–H and O–H groups in total. The van der Waals surface area contributed by atoms with Crippen LogP contribution in [0.4, 0.5) is 11.4 Å². The van der Waals surface area contributed by atoms with E-state index in [1.807, 2.05) is 44.3 Å². The van der Waals surface area contributed by atoms with Gasteiger partial charge in [0.2, 0.25) is 5.91 Å². The summed E-state index contributed by atoms with van der Waals surface area (Å²) in [5, 5.41) is 11.7. The number of aromatic nitrogens is 2. The molecule has 3 aromatic rings. The number of Topliss-reactive ketones (excluding diaryl/α,β-unsaturated/α-hetero) is 1. The van der Waals surface area contributed by atoms with E-state index < -0.39 is 0 Å². The highest BCUT2D eigenvalue weighted by Crippen LogP contribution is 2.31. The zero-order valence-electron chi connectivity index (χ0n) is 14.7. The maximum atomic E-state index is 13.0. The first kappa shape index (κ1) is 16.3. The fraction of sp³-hybridized carbons (Fsp3) is 0.250. The van der Waals surface area contributed by atoms with Gasteiger partial charge in [-0.25, -0.2) is 0 Å². The van der Waals surface area contributed by atoms with Gasteiger partial charge in [0.05, 0.1) is 29.0 Å². The van der Waals surface area contributed by atoms with Crippen molar-refractivity contribution in [1.29, 1.82) is 0 Å². The molecule has 2 heterocycles. The summed E-state index contributed by atoms with van der Waals surface area (Å²) in [5.74, 6) is -0.0781. The molecule has 1 aliphatic rings. The van der Waals surface area contributed by atoms with Crippen molar-refractivity contribution < 1.29 is 9.59 Å². The number of hydrogen-bond donors (Lipinski definition) is 2. The van der Waals surface area contributed by atoms with Crippen LogP contribution in [0.3, 0.4) is 0 Å². The minimum absolute atomic E-state index is 0.0263. The summed E-state index contributed by atoms with van der Waals surface area (Å²) < 4.78 is 1.80. The number of ketones is 1. The maximum Gasteiger partial charge on any atom is 0.226 e. The number of carbonyl (C=O) groups is 2. The molecule has 0 spiro atoms. The van der Waals surface area contributed by atoms with Crippen molar-refractivity contribution in [3.05, 3.63) is 53.7 Å². The van der Waals surface area contributed by atoms with Gasteiger partial charge in [-0.3, -0.25) is 14.3 Å². The van der Waals surface area contributed by atoms with E-state index in [1.54, 1.807) is 16.8 Å². The lowest BCUT2D eigenvalue weighted by Crippen LogP contribution is -2.19. The molecule has 1 aromatic heterocycles. The molecule has 6 heteroatoms. The molecular formula is C20H20N4O2. The summed E-state index contributed by atoms with van der Waals surface area (Å²) in [6.45, 7) is 1.93. The Morgan fingerprint density at radius 3 is 2.88 bits per heavy atom. The van der Waals surface area contributed by atoms with Gasteiger partial charge in [-0.15, -0.1) is 0 Å². The Labute approximate surface area is 151 Å². The minimum atomic E-state index is -0.0518. The molecule has 26 heavy (non-hydrogen) atoms. The third kappa shape index (κ3) is 2.83. The van der Waals surface area contributed by atoms with Crippen LogP contribution in [0.5, 0.6) is 0 Å². The molecule has 0 radical (unpaired) electrons. The number of amides is 1. The highest BCUT2D eigenvalue weighted by Gasteiger charge is 2.23. The highest BCUT2D eigenvalue weighted by molar-refractivity contribution is 6.08. The van der Waals surface area contributed by atoms with Gasteiger partial charge < -0.3 is 10.6 Å². The lowest BCUT2D eigenvalue weighted by molar-refractivity contribution is -0.116. The summed E-state index contributed by atoms with van der Waals surface area (Å²) in [6.07, 6.45) is 0.578. The predicted molar refractivity (Wildman–Crippen MR) is 102 cm³/mol. The monoisotopic (exact) mass is 348 g/mol. The molecule has 132 valence electrons. The molecule has 1 amide bonds. The third-order valence-electron chi connectivity index (χ3n) is 4.68. The zero-order chi connectivity index (χ0) is 18.3. The van der Waals surface area contributed by atoms with Crippen molar-refractivity contribution in [1.82, 2.24) is 9.78 Å². The summed E-state index contributed by atoms with van der Waals surface area (Å²) in [6, 6.07) is 13.2. The number of carbonyl (C=O) groups excluding carboxylic acids is 2. The summed E-state index contributed by atoms with van der Waals surface area (Å²) in [7, 11) is 1.88. The average Bonchev–Trinajstić information content (AvgIpc) is 2.83. The van der Waals surface area contributed by atoms with Gasteiger partial charge in [0.15, 0.2) is 5.78 Å². The van der Waals surface area contributed by atoms with Gasteiger partial charge in [0, 0.05) is 30.5 Å². The smallest absolute Gasteiger partial charge is 0.226 e. The number of aryl methyl sites for hydroxylation is 1. The van der Waals surface area contributed by atoms with E-state index in [0.29, 0.717) is 23.4 Å². The van der Waals surface area contributed by atoms with E-state index in [4.69, 9.17) is 0 Å².